The van der Waals surface area contributed by atoms with E-state index >= 15 is 0 Å². The van der Waals surface area contributed by atoms with Gasteiger partial charge in [-0.15, -0.1) is 0 Å². The number of rotatable bonds is 2. The van der Waals surface area contributed by atoms with Crippen molar-refractivity contribution in [1.29, 1.82) is 0 Å². The molecule has 0 amide bonds. The van der Waals surface area contributed by atoms with Crippen molar-refractivity contribution in [2.24, 2.45) is 16.3 Å². The number of nitrogens with zero attached hydrogens (tertiary/aromatic N) is 1. The zero-order valence-electron chi connectivity index (χ0n) is 8.26. The number of hydrogen-bond acceptors (Lipinski definition) is 1. The van der Waals surface area contributed by atoms with Gasteiger partial charge >= 0.3 is 0 Å². The molecule has 0 aliphatic heterocycles. The maximum atomic E-state index is 4.15. The van der Waals surface area contributed by atoms with Crippen LogP contribution in [0.2, 0.25) is 0 Å². The van der Waals surface area contributed by atoms with Gasteiger partial charge in [0.05, 0.1) is 0 Å². The highest BCUT2D eigenvalue weighted by Gasteiger charge is 2.17. The fourth-order valence-corrected chi connectivity index (χ4v) is 0.488. The summed E-state index contributed by atoms with van der Waals surface area (Å²) < 4.78 is 0. The van der Waals surface area contributed by atoms with Gasteiger partial charge in [0, 0.05) is 12.4 Å². The lowest BCUT2D eigenvalue weighted by Crippen LogP contribution is -2.17. The molecule has 64 valence electrons. The van der Waals surface area contributed by atoms with Crippen molar-refractivity contribution in [3.05, 3.63) is 12.3 Å². The van der Waals surface area contributed by atoms with Crippen LogP contribution in [0, 0.1) is 11.3 Å². The van der Waals surface area contributed by atoms with Gasteiger partial charge in [0.1, 0.15) is 0 Å². The molecule has 0 heterocycles. The maximum Gasteiger partial charge on any atom is 0.0221 e. The van der Waals surface area contributed by atoms with Crippen molar-refractivity contribution in [3.63, 3.8) is 0 Å². The van der Waals surface area contributed by atoms with Gasteiger partial charge in [-0.2, -0.15) is 0 Å². The van der Waals surface area contributed by atoms with E-state index in [1.54, 1.807) is 0 Å². The van der Waals surface area contributed by atoms with Gasteiger partial charge in [-0.05, 0) is 18.3 Å². The Morgan fingerprint density at radius 3 is 2.18 bits per heavy atom. The third-order valence-electron chi connectivity index (χ3n) is 1.91. The second-order valence-corrected chi connectivity index (χ2v) is 3.94. The van der Waals surface area contributed by atoms with E-state index in [0.29, 0.717) is 11.3 Å². The molecule has 1 heteroatoms. The van der Waals surface area contributed by atoms with Crippen LogP contribution in [0.4, 0.5) is 0 Å². The molecule has 0 aromatic heterocycles. The average molecular weight is 153 g/mol. The molecular formula is C10H19N. The number of allylic oxidation sites excluding steroid dienone is 1. The molecule has 0 bridgehead atoms. The molecule has 0 rings (SSSR count). The molecule has 0 aliphatic rings. The van der Waals surface area contributed by atoms with E-state index in [1.165, 1.54) is 0 Å². The van der Waals surface area contributed by atoms with Crippen molar-refractivity contribution >= 4 is 6.21 Å². The van der Waals surface area contributed by atoms with E-state index in [4.69, 9.17) is 0 Å². The van der Waals surface area contributed by atoms with E-state index in [2.05, 4.69) is 32.7 Å². The second-order valence-electron chi connectivity index (χ2n) is 3.94. The van der Waals surface area contributed by atoms with E-state index in [1.807, 2.05) is 25.4 Å². The van der Waals surface area contributed by atoms with Crippen LogP contribution in [0.25, 0.3) is 0 Å². The lowest BCUT2D eigenvalue weighted by molar-refractivity contribution is 0.338. The number of hydrogen-bond donors (Lipinski definition) is 0. The van der Waals surface area contributed by atoms with Gasteiger partial charge < -0.3 is 0 Å². The molecule has 1 unspecified atom stereocenters. The third-order valence-corrected chi connectivity index (χ3v) is 1.91. The zero-order valence-corrected chi connectivity index (χ0v) is 8.26. The quantitative estimate of drug-likeness (QED) is 0.540. The molecule has 0 N–H and O–H groups in total. The Labute approximate surface area is 70.2 Å². The first-order valence-electron chi connectivity index (χ1n) is 4.13. The van der Waals surface area contributed by atoms with Crippen LogP contribution in [0.1, 0.15) is 34.6 Å². The molecule has 0 spiro atoms. The Balaban J connectivity index is 3.96. The lowest BCUT2D eigenvalue weighted by Gasteiger charge is -2.23. The summed E-state index contributed by atoms with van der Waals surface area (Å²) in [5.74, 6) is 0.527. The molecule has 11 heavy (non-hydrogen) atoms. The first kappa shape index (κ1) is 10.4. The van der Waals surface area contributed by atoms with Crippen molar-refractivity contribution in [1.82, 2.24) is 0 Å². The Morgan fingerprint density at radius 1 is 1.27 bits per heavy atom. The van der Waals surface area contributed by atoms with Crippen LogP contribution in [-0.2, 0) is 0 Å². The minimum Gasteiger partial charge on any atom is -0.269 e. The Kier molecular flexibility index (Phi) is 4.09. The standard InChI is InChI=1S/C10H19N/c1-6-7-11-8-9(2)10(3,4)5/h6-9H,1-5H3/b7-6-,11-8?. The third kappa shape index (κ3) is 4.77. The summed E-state index contributed by atoms with van der Waals surface area (Å²) in [6.45, 7) is 10.8. The zero-order chi connectivity index (χ0) is 8.91. The predicted molar refractivity (Wildman–Crippen MR) is 51.9 cm³/mol. The summed E-state index contributed by atoms with van der Waals surface area (Å²) in [5, 5.41) is 0. The summed E-state index contributed by atoms with van der Waals surface area (Å²) in [5.41, 5.74) is 0.324. The van der Waals surface area contributed by atoms with E-state index in [9.17, 15) is 0 Å². The van der Waals surface area contributed by atoms with Crippen molar-refractivity contribution < 1.29 is 0 Å². The molecule has 0 fully saturated rings. The van der Waals surface area contributed by atoms with E-state index in [-0.39, 0.29) is 0 Å². The Hall–Kier alpha value is -0.590. The fourth-order valence-electron chi connectivity index (χ4n) is 0.488. The van der Waals surface area contributed by atoms with E-state index in [0.717, 1.165) is 0 Å². The summed E-state index contributed by atoms with van der Waals surface area (Å²) in [4.78, 5) is 4.15. The normalized spacial score (nSPS) is 16.5. The maximum absolute atomic E-state index is 4.15. The fraction of sp³-hybridized carbons (Fsp3) is 0.700. The molecule has 1 atom stereocenters. The van der Waals surface area contributed by atoms with Gasteiger partial charge in [0.2, 0.25) is 0 Å². The summed E-state index contributed by atoms with van der Waals surface area (Å²) in [6.07, 6.45) is 5.76. The van der Waals surface area contributed by atoms with Gasteiger partial charge in [0.15, 0.2) is 0 Å². The van der Waals surface area contributed by atoms with Crippen molar-refractivity contribution in [2.45, 2.75) is 34.6 Å². The minimum atomic E-state index is 0.324. The highest BCUT2D eigenvalue weighted by molar-refractivity contribution is 5.61. The highest BCUT2D eigenvalue weighted by atomic mass is 14.7. The van der Waals surface area contributed by atoms with Crippen LogP contribution in [-0.4, -0.2) is 6.21 Å². The van der Waals surface area contributed by atoms with Crippen LogP contribution >= 0.6 is 0 Å². The van der Waals surface area contributed by atoms with Gasteiger partial charge in [-0.25, -0.2) is 0 Å². The predicted octanol–water partition coefficient (Wildman–Crippen LogP) is 3.27. The topological polar surface area (TPSA) is 12.4 Å². The Morgan fingerprint density at radius 2 is 1.82 bits per heavy atom. The van der Waals surface area contributed by atoms with Crippen LogP contribution in [0.15, 0.2) is 17.3 Å². The van der Waals surface area contributed by atoms with Gasteiger partial charge in [-0.3, -0.25) is 4.99 Å². The second kappa shape index (κ2) is 4.32. The first-order valence-corrected chi connectivity index (χ1v) is 4.13. The summed E-state index contributed by atoms with van der Waals surface area (Å²) in [7, 11) is 0. The summed E-state index contributed by atoms with van der Waals surface area (Å²) >= 11 is 0. The monoisotopic (exact) mass is 153 g/mol. The van der Waals surface area contributed by atoms with Crippen LogP contribution in [0.3, 0.4) is 0 Å². The van der Waals surface area contributed by atoms with Crippen molar-refractivity contribution in [3.8, 4) is 0 Å². The van der Waals surface area contributed by atoms with Crippen LogP contribution in [0.5, 0.6) is 0 Å². The smallest absolute Gasteiger partial charge is 0.0221 e. The SMILES string of the molecule is C/C=C\N=CC(C)C(C)(C)C. The molecule has 0 saturated carbocycles. The minimum absolute atomic E-state index is 0.324. The Bertz CT molecular complexity index is 149. The largest absolute Gasteiger partial charge is 0.269 e. The van der Waals surface area contributed by atoms with Crippen molar-refractivity contribution in [2.75, 3.05) is 0 Å². The highest BCUT2D eigenvalue weighted by Crippen LogP contribution is 2.23. The first-order chi connectivity index (χ1) is 4.98. The van der Waals surface area contributed by atoms with Gasteiger partial charge in [-0.1, -0.05) is 33.8 Å². The molecule has 0 radical (unpaired) electrons. The van der Waals surface area contributed by atoms with Gasteiger partial charge in [0.25, 0.3) is 0 Å². The molecule has 1 nitrogen and oxygen atoms in total. The number of aliphatic imine (C=N–C) groups is 1. The average Bonchev–Trinajstić information content (AvgIpc) is 1.86. The van der Waals surface area contributed by atoms with Crippen LogP contribution < -0.4 is 0 Å². The molecular weight excluding hydrogens is 134 g/mol. The molecule has 0 aliphatic carbocycles. The molecule has 0 saturated heterocycles. The molecule has 0 aromatic carbocycles. The molecule has 0 aromatic rings. The summed E-state index contributed by atoms with van der Waals surface area (Å²) in [6, 6.07) is 0. The lowest BCUT2D eigenvalue weighted by atomic mass is 9.83. The van der Waals surface area contributed by atoms with E-state index < -0.39 is 0 Å².